The van der Waals surface area contributed by atoms with E-state index >= 15 is 0 Å². The van der Waals surface area contributed by atoms with Gasteiger partial charge in [-0.1, -0.05) is 18.9 Å². The highest BCUT2D eigenvalue weighted by atomic mass is 16.5. The highest BCUT2D eigenvalue weighted by molar-refractivity contribution is 5.42. The molecule has 2 fully saturated rings. The Bertz CT molecular complexity index is 530. The SMILES string of the molecule is COc1ccc(CCO[C@H]2CCCC[C@@H]2N2CCOCC2)cc1OC. The van der Waals surface area contributed by atoms with Crippen LogP contribution in [0.25, 0.3) is 0 Å². The molecule has 0 unspecified atom stereocenters. The van der Waals surface area contributed by atoms with Crippen molar-refractivity contribution >= 4 is 0 Å². The zero-order chi connectivity index (χ0) is 17.5. The molecule has 1 aromatic carbocycles. The molecule has 5 heteroatoms. The molecular weight excluding hydrogens is 318 g/mol. The van der Waals surface area contributed by atoms with Crippen molar-refractivity contribution in [1.82, 2.24) is 4.90 Å². The average molecular weight is 349 g/mol. The Morgan fingerprint density at radius 2 is 1.80 bits per heavy atom. The van der Waals surface area contributed by atoms with Crippen molar-refractivity contribution < 1.29 is 18.9 Å². The van der Waals surface area contributed by atoms with Crippen molar-refractivity contribution in [3.63, 3.8) is 0 Å². The van der Waals surface area contributed by atoms with E-state index in [-0.39, 0.29) is 0 Å². The third-order valence-electron chi connectivity index (χ3n) is 5.35. The van der Waals surface area contributed by atoms with E-state index in [1.54, 1.807) is 14.2 Å². The monoisotopic (exact) mass is 349 g/mol. The number of morpholine rings is 1. The summed E-state index contributed by atoms with van der Waals surface area (Å²) in [5, 5.41) is 0. The Kier molecular flexibility index (Phi) is 6.96. The molecule has 0 spiro atoms. The molecule has 0 aromatic heterocycles. The summed E-state index contributed by atoms with van der Waals surface area (Å²) >= 11 is 0. The van der Waals surface area contributed by atoms with E-state index in [0.717, 1.165) is 50.8 Å². The topological polar surface area (TPSA) is 40.2 Å². The number of methoxy groups -OCH3 is 2. The van der Waals surface area contributed by atoms with Crippen molar-refractivity contribution in [3.8, 4) is 11.5 Å². The van der Waals surface area contributed by atoms with Crippen LogP contribution in [0, 0.1) is 0 Å². The van der Waals surface area contributed by atoms with Gasteiger partial charge >= 0.3 is 0 Å². The molecule has 1 aromatic rings. The predicted molar refractivity (Wildman–Crippen MR) is 97.6 cm³/mol. The minimum absolute atomic E-state index is 0.354. The molecule has 3 rings (SSSR count). The molecule has 1 aliphatic carbocycles. The van der Waals surface area contributed by atoms with Gasteiger partial charge in [-0.15, -0.1) is 0 Å². The molecule has 25 heavy (non-hydrogen) atoms. The summed E-state index contributed by atoms with van der Waals surface area (Å²) < 4.78 is 22.5. The quantitative estimate of drug-likeness (QED) is 0.757. The third kappa shape index (κ3) is 4.87. The zero-order valence-corrected chi connectivity index (χ0v) is 15.5. The number of hydrogen-bond acceptors (Lipinski definition) is 5. The van der Waals surface area contributed by atoms with E-state index in [1.807, 2.05) is 12.1 Å². The summed E-state index contributed by atoms with van der Waals surface area (Å²) in [5.74, 6) is 1.55. The van der Waals surface area contributed by atoms with Crippen molar-refractivity contribution in [1.29, 1.82) is 0 Å². The molecule has 0 bridgehead atoms. The Labute approximate surface area is 151 Å². The second-order valence-corrected chi connectivity index (χ2v) is 6.85. The number of ether oxygens (including phenoxy) is 4. The summed E-state index contributed by atoms with van der Waals surface area (Å²) in [5.41, 5.74) is 1.22. The van der Waals surface area contributed by atoms with Crippen LogP contribution in [0.3, 0.4) is 0 Å². The number of benzene rings is 1. The summed E-state index contributed by atoms with van der Waals surface area (Å²) in [7, 11) is 3.34. The first-order valence-electron chi connectivity index (χ1n) is 9.46. The smallest absolute Gasteiger partial charge is 0.160 e. The first-order valence-corrected chi connectivity index (χ1v) is 9.46. The Hall–Kier alpha value is -1.30. The lowest BCUT2D eigenvalue weighted by Crippen LogP contribution is -2.51. The van der Waals surface area contributed by atoms with Gasteiger partial charge in [0.25, 0.3) is 0 Å². The molecule has 140 valence electrons. The first kappa shape index (κ1) is 18.5. The Morgan fingerprint density at radius 3 is 2.56 bits per heavy atom. The maximum Gasteiger partial charge on any atom is 0.160 e. The average Bonchev–Trinajstić information content (AvgIpc) is 2.69. The Morgan fingerprint density at radius 1 is 1.04 bits per heavy atom. The van der Waals surface area contributed by atoms with Crippen molar-refractivity contribution in [3.05, 3.63) is 23.8 Å². The van der Waals surface area contributed by atoms with Gasteiger partial charge in [-0.2, -0.15) is 0 Å². The Balaban J connectivity index is 1.52. The van der Waals surface area contributed by atoms with Crippen LogP contribution in [0.2, 0.25) is 0 Å². The second kappa shape index (κ2) is 9.41. The fourth-order valence-corrected chi connectivity index (χ4v) is 3.96. The van der Waals surface area contributed by atoms with Crippen LogP contribution in [-0.2, 0) is 15.9 Å². The van der Waals surface area contributed by atoms with Gasteiger partial charge < -0.3 is 18.9 Å². The molecule has 1 saturated carbocycles. The lowest BCUT2D eigenvalue weighted by atomic mass is 9.91. The van der Waals surface area contributed by atoms with Crippen molar-refractivity contribution in [2.24, 2.45) is 0 Å². The molecule has 0 N–H and O–H groups in total. The van der Waals surface area contributed by atoms with Crippen LogP contribution in [-0.4, -0.2) is 64.2 Å². The van der Waals surface area contributed by atoms with Crippen LogP contribution in [0.5, 0.6) is 11.5 Å². The summed E-state index contributed by atoms with van der Waals surface area (Å²) in [6.07, 6.45) is 6.27. The van der Waals surface area contributed by atoms with E-state index in [4.69, 9.17) is 18.9 Å². The van der Waals surface area contributed by atoms with Gasteiger partial charge in [0.05, 0.1) is 40.1 Å². The maximum atomic E-state index is 6.33. The fraction of sp³-hybridized carbons (Fsp3) is 0.700. The zero-order valence-electron chi connectivity index (χ0n) is 15.5. The number of nitrogens with zero attached hydrogens (tertiary/aromatic N) is 1. The molecule has 0 amide bonds. The second-order valence-electron chi connectivity index (χ2n) is 6.85. The lowest BCUT2D eigenvalue weighted by molar-refractivity contribution is -0.0647. The largest absolute Gasteiger partial charge is 0.493 e. The number of rotatable bonds is 7. The highest BCUT2D eigenvalue weighted by Gasteiger charge is 2.31. The maximum absolute atomic E-state index is 6.33. The molecule has 1 heterocycles. The predicted octanol–water partition coefficient (Wildman–Crippen LogP) is 2.91. The lowest BCUT2D eigenvalue weighted by Gasteiger charge is -2.41. The van der Waals surface area contributed by atoms with Gasteiger partial charge in [-0.25, -0.2) is 0 Å². The van der Waals surface area contributed by atoms with Crippen molar-refractivity contribution in [2.75, 3.05) is 47.1 Å². The molecule has 1 saturated heterocycles. The van der Waals surface area contributed by atoms with Crippen LogP contribution >= 0.6 is 0 Å². The van der Waals surface area contributed by atoms with E-state index in [0.29, 0.717) is 12.1 Å². The molecule has 1 aliphatic heterocycles. The third-order valence-corrected chi connectivity index (χ3v) is 5.35. The fourth-order valence-electron chi connectivity index (χ4n) is 3.96. The molecular formula is C20H31NO4. The highest BCUT2D eigenvalue weighted by Crippen LogP contribution is 2.29. The van der Waals surface area contributed by atoms with Crippen LogP contribution in [0.4, 0.5) is 0 Å². The first-order chi connectivity index (χ1) is 12.3. The summed E-state index contributed by atoms with van der Waals surface area (Å²) in [4.78, 5) is 2.57. The van der Waals surface area contributed by atoms with Gasteiger partial charge in [0, 0.05) is 19.1 Å². The summed E-state index contributed by atoms with van der Waals surface area (Å²) in [6.45, 7) is 4.55. The van der Waals surface area contributed by atoms with Gasteiger partial charge in [0.1, 0.15) is 0 Å². The standard InChI is InChI=1S/C20H31NO4/c1-22-19-8-7-16(15-20(19)23-2)9-12-25-18-6-4-3-5-17(18)21-10-13-24-14-11-21/h7-8,15,17-18H,3-6,9-14H2,1-2H3/t17-,18-/m0/s1. The van der Waals surface area contributed by atoms with Crippen LogP contribution in [0.1, 0.15) is 31.2 Å². The van der Waals surface area contributed by atoms with Gasteiger partial charge in [-0.05, 0) is 37.0 Å². The molecule has 2 aliphatic rings. The van der Waals surface area contributed by atoms with E-state index in [9.17, 15) is 0 Å². The van der Waals surface area contributed by atoms with E-state index < -0.39 is 0 Å². The molecule has 5 nitrogen and oxygen atoms in total. The minimum Gasteiger partial charge on any atom is -0.493 e. The van der Waals surface area contributed by atoms with Crippen molar-refractivity contribution in [2.45, 2.75) is 44.2 Å². The molecule has 0 radical (unpaired) electrons. The summed E-state index contributed by atoms with van der Waals surface area (Å²) in [6, 6.07) is 6.65. The minimum atomic E-state index is 0.354. The van der Waals surface area contributed by atoms with Crippen LogP contribution < -0.4 is 9.47 Å². The van der Waals surface area contributed by atoms with Gasteiger partial charge in [-0.3, -0.25) is 4.90 Å². The van der Waals surface area contributed by atoms with E-state index in [2.05, 4.69) is 11.0 Å². The van der Waals surface area contributed by atoms with E-state index in [1.165, 1.54) is 31.2 Å². The van der Waals surface area contributed by atoms with Gasteiger partial charge in [0.15, 0.2) is 11.5 Å². The van der Waals surface area contributed by atoms with Gasteiger partial charge in [0.2, 0.25) is 0 Å². The molecule has 2 atom stereocenters. The normalized spacial score (nSPS) is 24.9. The number of hydrogen-bond donors (Lipinski definition) is 0. The van der Waals surface area contributed by atoms with Crippen LogP contribution in [0.15, 0.2) is 18.2 Å².